The molecule has 0 aliphatic carbocycles. The number of ether oxygens (including phenoxy) is 2. The molecule has 1 atom stereocenters. The molecule has 1 fully saturated rings. The van der Waals surface area contributed by atoms with Crippen LogP contribution in [0.3, 0.4) is 0 Å². The summed E-state index contributed by atoms with van der Waals surface area (Å²) in [4.78, 5) is 30.5. The summed E-state index contributed by atoms with van der Waals surface area (Å²) in [6.07, 6.45) is 2.09. The Kier molecular flexibility index (Phi) is 5.92. The van der Waals surface area contributed by atoms with Crippen molar-refractivity contribution in [3.8, 4) is 11.5 Å². The van der Waals surface area contributed by atoms with Crippen molar-refractivity contribution in [1.82, 2.24) is 4.90 Å². The lowest BCUT2D eigenvalue weighted by Crippen LogP contribution is -2.39. The average Bonchev–Trinajstić information content (AvgIpc) is 3.04. The summed E-state index contributed by atoms with van der Waals surface area (Å²) in [5, 5.41) is 0.543. The largest absolute Gasteiger partial charge is 0.493 e. The number of carbonyl (C=O) groups excluding carboxylic acids is 2. The number of hydrogen-bond acceptors (Lipinski definition) is 5. The quantitative estimate of drug-likeness (QED) is 0.646. The van der Waals surface area contributed by atoms with E-state index in [9.17, 15) is 9.59 Å². The molecule has 2 aromatic carbocycles. The zero-order valence-corrected chi connectivity index (χ0v) is 18.6. The summed E-state index contributed by atoms with van der Waals surface area (Å²) in [6.45, 7) is 3.64. The van der Waals surface area contributed by atoms with Crippen LogP contribution in [-0.4, -0.2) is 44.0 Å². The monoisotopic (exact) mass is 440 g/mol. The molecule has 31 heavy (non-hydrogen) atoms. The minimum atomic E-state index is -0.354. The maximum atomic E-state index is 13.6. The van der Waals surface area contributed by atoms with Crippen LogP contribution in [0.2, 0.25) is 5.02 Å². The first-order chi connectivity index (χ1) is 14.9. The van der Waals surface area contributed by atoms with Crippen molar-refractivity contribution >= 4 is 34.7 Å². The molecule has 1 saturated heterocycles. The highest BCUT2D eigenvalue weighted by atomic mass is 35.5. The first kappa shape index (κ1) is 21.2. The molecule has 0 radical (unpaired) electrons. The third kappa shape index (κ3) is 3.88. The van der Waals surface area contributed by atoms with Gasteiger partial charge in [-0.05, 0) is 60.7 Å². The van der Waals surface area contributed by atoms with Gasteiger partial charge in [-0.25, -0.2) is 4.90 Å². The number of nitrogens with zero attached hydrogens (tertiary/aromatic N) is 2. The molecule has 162 valence electrons. The van der Waals surface area contributed by atoms with E-state index < -0.39 is 0 Å². The van der Waals surface area contributed by atoms with Crippen molar-refractivity contribution in [1.29, 1.82) is 0 Å². The number of halogens is 1. The van der Waals surface area contributed by atoms with Gasteiger partial charge in [0.25, 0.3) is 11.8 Å². The summed E-state index contributed by atoms with van der Waals surface area (Å²) in [5.74, 6) is 0.842. The van der Waals surface area contributed by atoms with Crippen LogP contribution in [0, 0.1) is 5.92 Å². The predicted molar refractivity (Wildman–Crippen MR) is 120 cm³/mol. The highest BCUT2D eigenvalue weighted by molar-refractivity contribution is 6.45. The second-order valence-corrected chi connectivity index (χ2v) is 8.35. The fraction of sp³-hybridized carbons (Fsp3) is 0.333. The minimum Gasteiger partial charge on any atom is -0.493 e. The highest BCUT2D eigenvalue weighted by Crippen LogP contribution is 2.39. The summed E-state index contributed by atoms with van der Waals surface area (Å²) in [5.41, 5.74) is 1.95. The van der Waals surface area contributed by atoms with Crippen molar-refractivity contribution in [2.45, 2.75) is 19.8 Å². The van der Waals surface area contributed by atoms with Gasteiger partial charge in [0.2, 0.25) is 0 Å². The highest BCUT2D eigenvalue weighted by Gasteiger charge is 2.43. The standard InChI is InChI=1S/C24H25ClN2O4/c1-15-5-4-12-26(14-15)22-21(16-6-11-19(30-2)20(13-16)31-3)23(28)27(24(22)29)18-9-7-17(25)8-10-18/h6-11,13,15H,4-5,12,14H2,1-3H3. The normalized spacial score (nSPS) is 19.3. The molecule has 0 N–H and O–H groups in total. The van der Waals surface area contributed by atoms with Crippen LogP contribution >= 0.6 is 11.6 Å². The van der Waals surface area contributed by atoms with Gasteiger partial charge in [0, 0.05) is 18.1 Å². The molecule has 0 saturated carbocycles. The topological polar surface area (TPSA) is 59.1 Å². The Labute approximate surface area is 187 Å². The van der Waals surface area contributed by atoms with E-state index in [4.69, 9.17) is 21.1 Å². The van der Waals surface area contributed by atoms with Crippen LogP contribution < -0.4 is 14.4 Å². The lowest BCUT2D eigenvalue weighted by molar-refractivity contribution is -0.120. The Hall–Kier alpha value is -2.99. The maximum absolute atomic E-state index is 13.6. The SMILES string of the molecule is COc1ccc(C2=C(N3CCCC(C)C3)C(=O)N(c3ccc(Cl)cc3)C2=O)cc1OC. The number of amides is 2. The zero-order chi connectivity index (χ0) is 22.1. The van der Waals surface area contributed by atoms with Crippen molar-refractivity contribution < 1.29 is 19.1 Å². The molecule has 2 amide bonds. The zero-order valence-electron chi connectivity index (χ0n) is 17.9. The van der Waals surface area contributed by atoms with Crippen LogP contribution in [0.25, 0.3) is 5.57 Å². The van der Waals surface area contributed by atoms with E-state index in [1.54, 1.807) is 56.7 Å². The van der Waals surface area contributed by atoms with E-state index >= 15 is 0 Å². The Balaban J connectivity index is 1.84. The molecule has 0 spiro atoms. The number of rotatable bonds is 5. The van der Waals surface area contributed by atoms with Crippen LogP contribution in [0.5, 0.6) is 11.5 Å². The van der Waals surface area contributed by atoms with Gasteiger partial charge in [0.15, 0.2) is 11.5 Å². The molecule has 2 aromatic rings. The van der Waals surface area contributed by atoms with Gasteiger partial charge in [-0.3, -0.25) is 9.59 Å². The third-order valence-corrected chi connectivity index (χ3v) is 6.04. The maximum Gasteiger partial charge on any atom is 0.282 e. The fourth-order valence-corrected chi connectivity index (χ4v) is 4.41. The smallest absolute Gasteiger partial charge is 0.282 e. The van der Waals surface area contributed by atoms with Gasteiger partial charge in [0.05, 0.1) is 25.5 Å². The molecule has 6 nitrogen and oxygen atoms in total. The number of benzene rings is 2. The molecule has 2 aliphatic rings. The molecule has 0 aromatic heterocycles. The van der Waals surface area contributed by atoms with E-state index in [1.165, 1.54) is 4.90 Å². The Morgan fingerprint density at radius 1 is 0.968 bits per heavy atom. The third-order valence-electron chi connectivity index (χ3n) is 5.79. The lowest BCUT2D eigenvalue weighted by atomic mass is 9.97. The number of methoxy groups -OCH3 is 2. The Morgan fingerprint density at radius 2 is 1.68 bits per heavy atom. The Bertz CT molecular complexity index is 1050. The summed E-state index contributed by atoms with van der Waals surface area (Å²) >= 11 is 6.01. The summed E-state index contributed by atoms with van der Waals surface area (Å²) in [6, 6.07) is 12.0. The number of carbonyl (C=O) groups is 2. The number of piperidine rings is 1. The van der Waals surface area contributed by atoms with E-state index in [1.807, 2.05) is 0 Å². The van der Waals surface area contributed by atoms with Crippen molar-refractivity contribution in [3.63, 3.8) is 0 Å². The molecule has 2 heterocycles. The molecule has 7 heteroatoms. The van der Waals surface area contributed by atoms with Crippen LogP contribution in [0.15, 0.2) is 48.2 Å². The molecule has 1 unspecified atom stereocenters. The minimum absolute atomic E-state index is 0.314. The van der Waals surface area contributed by atoms with Gasteiger partial charge in [0.1, 0.15) is 5.70 Å². The van der Waals surface area contributed by atoms with Crippen LogP contribution in [0.1, 0.15) is 25.3 Å². The van der Waals surface area contributed by atoms with Crippen molar-refractivity contribution in [2.24, 2.45) is 5.92 Å². The van der Waals surface area contributed by atoms with E-state index in [0.717, 1.165) is 25.9 Å². The van der Waals surface area contributed by atoms with E-state index in [2.05, 4.69) is 11.8 Å². The second kappa shape index (κ2) is 8.63. The molecule has 4 rings (SSSR count). The lowest BCUT2D eigenvalue weighted by Gasteiger charge is -2.33. The number of anilines is 1. The number of likely N-dealkylation sites (tertiary alicyclic amines) is 1. The average molecular weight is 441 g/mol. The van der Waals surface area contributed by atoms with Gasteiger partial charge >= 0.3 is 0 Å². The molecule has 0 bridgehead atoms. The van der Waals surface area contributed by atoms with Gasteiger partial charge in [-0.15, -0.1) is 0 Å². The second-order valence-electron chi connectivity index (χ2n) is 7.91. The van der Waals surface area contributed by atoms with Crippen molar-refractivity contribution in [3.05, 3.63) is 58.7 Å². The van der Waals surface area contributed by atoms with E-state index in [-0.39, 0.29) is 11.8 Å². The van der Waals surface area contributed by atoms with Gasteiger partial charge in [-0.2, -0.15) is 0 Å². The Morgan fingerprint density at radius 3 is 2.32 bits per heavy atom. The van der Waals surface area contributed by atoms with Gasteiger partial charge in [-0.1, -0.05) is 24.6 Å². The first-order valence-electron chi connectivity index (χ1n) is 10.3. The number of hydrogen-bond donors (Lipinski definition) is 0. The van der Waals surface area contributed by atoms with Crippen LogP contribution in [0.4, 0.5) is 5.69 Å². The van der Waals surface area contributed by atoms with E-state index in [0.29, 0.717) is 45.0 Å². The van der Waals surface area contributed by atoms with Gasteiger partial charge < -0.3 is 14.4 Å². The predicted octanol–water partition coefficient (Wildman–Crippen LogP) is 4.37. The fourth-order valence-electron chi connectivity index (χ4n) is 4.28. The first-order valence-corrected chi connectivity index (χ1v) is 10.7. The summed E-state index contributed by atoms with van der Waals surface area (Å²) in [7, 11) is 3.11. The van der Waals surface area contributed by atoms with Crippen molar-refractivity contribution in [2.75, 3.05) is 32.2 Å². The molecule has 2 aliphatic heterocycles. The molecular formula is C24H25ClN2O4. The molecular weight excluding hydrogens is 416 g/mol. The number of imide groups is 1. The summed E-state index contributed by atoms with van der Waals surface area (Å²) < 4.78 is 10.8. The van der Waals surface area contributed by atoms with Crippen LogP contribution in [-0.2, 0) is 9.59 Å².